The average Bonchev–Trinajstić information content (AvgIpc) is 2.30. The van der Waals surface area contributed by atoms with Gasteiger partial charge in [-0.2, -0.15) is 0 Å². The second-order valence-corrected chi connectivity index (χ2v) is 6.17. The second kappa shape index (κ2) is 6.90. The van der Waals surface area contributed by atoms with Crippen molar-refractivity contribution < 1.29 is 4.79 Å². The van der Waals surface area contributed by atoms with Gasteiger partial charge in [0.1, 0.15) is 0 Å². The van der Waals surface area contributed by atoms with E-state index in [9.17, 15) is 4.79 Å². The standard InChI is InChI=1S/C14H21BrN2O/c1-14(2,9-10-16)8-7-13(18)17-12-5-3-11(15)4-6-12/h3-6H,7-10,16H2,1-2H3,(H,17,18). The Kier molecular flexibility index (Phi) is 5.82. The smallest absolute Gasteiger partial charge is 0.224 e. The van der Waals surface area contributed by atoms with Crippen molar-refractivity contribution >= 4 is 27.5 Å². The van der Waals surface area contributed by atoms with E-state index in [4.69, 9.17) is 5.73 Å². The van der Waals surface area contributed by atoms with Gasteiger partial charge in [-0.1, -0.05) is 29.8 Å². The Bertz CT molecular complexity index is 387. The Labute approximate surface area is 117 Å². The van der Waals surface area contributed by atoms with Crippen molar-refractivity contribution in [1.82, 2.24) is 0 Å². The fourth-order valence-corrected chi connectivity index (χ4v) is 1.99. The molecule has 0 unspecified atom stereocenters. The molecule has 0 aliphatic rings. The molecule has 0 saturated carbocycles. The number of amides is 1. The van der Waals surface area contributed by atoms with Crippen molar-refractivity contribution in [2.75, 3.05) is 11.9 Å². The molecule has 1 aromatic carbocycles. The maximum Gasteiger partial charge on any atom is 0.224 e. The van der Waals surface area contributed by atoms with Gasteiger partial charge in [0, 0.05) is 16.6 Å². The number of carbonyl (C=O) groups is 1. The zero-order valence-corrected chi connectivity index (χ0v) is 12.6. The van der Waals surface area contributed by atoms with Gasteiger partial charge in [-0.05, 0) is 49.1 Å². The lowest BCUT2D eigenvalue weighted by Crippen LogP contribution is -2.20. The summed E-state index contributed by atoms with van der Waals surface area (Å²) in [6, 6.07) is 7.59. The molecule has 18 heavy (non-hydrogen) atoms. The van der Waals surface area contributed by atoms with Crippen LogP contribution in [0.4, 0.5) is 5.69 Å². The molecule has 0 heterocycles. The molecule has 0 aliphatic heterocycles. The SMILES string of the molecule is CC(C)(CCN)CCC(=O)Nc1ccc(Br)cc1. The van der Waals surface area contributed by atoms with E-state index < -0.39 is 0 Å². The molecule has 1 amide bonds. The van der Waals surface area contributed by atoms with E-state index in [1.54, 1.807) is 0 Å². The third-order valence-electron chi connectivity index (χ3n) is 2.98. The first-order valence-corrected chi connectivity index (χ1v) is 6.98. The third kappa shape index (κ3) is 5.65. The summed E-state index contributed by atoms with van der Waals surface area (Å²) in [7, 11) is 0. The summed E-state index contributed by atoms with van der Waals surface area (Å²) < 4.78 is 1.00. The summed E-state index contributed by atoms with van der Waals surface area (Å²) in [5.41, 5.74) is 6.52. The molecule has 0 radical (unpaired) electrons. The number of rotatable bonds is 6. The quantitative estimate of drug-likeness (QED) is 0.844. The van der Waals surface area contributed by atoms with Gasteiger partial charge in [0.2, 0.25) is 5.91 Å². The number of halogens is 1. The van der Waals surface area contributed by atoms with Crippen LogP contribution in [0.25, 0.3) is 0 Å². The summed E-state index contributed by atoms with van der Waals surface area (Å²) in [4.78, 5) is 11.8. The van der Waals surface area contributed by atoms with E-state index in [0.29, 0.717) is 13.0 Å². The fraction of sp³-hybridized carbons (Fsp3) is 0.500. The lowest BCUT2D eigenvalue weighted by molar-refractivity contribution is -0.116. The van der Waals surface area contributed by atoms with Crippen LogP contribution < -0.4 is 11.1 Å². The Balaban J connectivity index is 2.40. The van der Waals surface area contributed by atoms with Gasteiger partial charge in [-0.3, -0.25) is 4.79 Å². The Morgan fingerprint density at radius 1 is 1.28 bits per heavy atom. The molecule has 0 aliphatic carbocycles. The second-order valence-electron chi connectivity index (χ2n) is 5.26. The number of benzene rings is 1. The summed E-state index contributed by atoms with van der Waals surface area (Å²) >= 11 is 3.36. The van der Waals surface area contributed by atoms with Gasteiger partial charge in [0.05, 0.1) is 0 Å². The molecule has 3 N–H and O–H groups in total. The Morgan fingerprint density at radius 2 is 1.89 bits per heavy atom. The topological polar surface area (TPSA) is 55.1 Å². The van der Waals surface area contributed by atoms with Gasteiger partial charge < -0.3 is 11.1 Å². The van der Waals surface area contributed by atoms with Crippen molar-refractivity contribution in [3.63, 3.8) is 0 Å². The molecule has 0 spiro atoms. The molecular formula is C14H21BrN2O. The molecule has 0 fully saturated rings. The van der Waals surface area contributed by atoms with Crippen LogP contribution in [0.5, 0.6) is 0 Å². The first-order chi connectivity index (χ1) is 8.43. The summed E-state index contributed by atoms with van der Waals surface area (Å²) in [6.45, 7) is 4.96. The Hall–Kier alpha value is -0.870. The van der Waals surface area contributed by atoms with E-state index in [0.717, 1.165) is 23.0 Å². The average molecular weight is 313 g/mol. The van der Waals surface area contributed by atoms with E-state index in [1.165, 1.54) is 0 Å². The largest absolute Gasteiger partial charge is 0.330 e. The van der Waals surface area contributed by atoms with E-state index >= 15 is 0 Å². The van der Waals surface area contributed by atoms with Crippen molar-refractivity contribution in [3.8, 4) is 0 Å². The molecule has 100 valence electrons. The highest BCUT2D eigenvalue weighted by Gasteiger charge is 2.18. The van der Waals surface area contributed by atoms with Crippen LogP contribution in [-0.2, 0) is 4.79 Å². The molecule has 0 aromatic heterocycles. The van der Waals surface area contributed by atoms with Crippen molar-refractivity contribution in [2.24, 2.45) is 11.1 Å². The van der Waals surface area contributed by atoms with Crippen molar-refractivity contribution in [2.45, 2.75) is 33.1 Å². The van der Waals surface area contributed by atoms with Crippen LogP contribution in [0.15, 0.2) is 28.7 Å². The predicted octanol–water partition coefficient (Wildman–Crippen LogP) is 3.54. The van der Waals surface area contributed by atoms with Gasteiger partial charge in [0.25, 0.3) is 0 Å². The van der Waals surface area contributed by atoms with Gasteiger partial charge in [-0.25, -0.2) is 0 Å². The van der Waals surface area contributed by atoms with Crippen LogP contribution in [0, 0.1) is 5.41 Å². The molecule has 4 heteroatoms. The highest BCUT2D eigenvalue weighted by atomic mass is 79.9. The molecule has 0 saturated heterocycles. The zero-order chi connectivity index (χ0) is 13.6. The van der Waals surface area contributed by atoms with Crippen LogP contribution in [0.3, 0.4) is 0 Å². The van der Waals surface area contributed by atoms with E-state index in [-0.39, 0.29) is 11.3 Å². The maximum atomic E-state index is 11.8. The van der Waals surface area contributed by atoms with E-state index in [1.807, 2.05) is 24.3 Å². The fourth-order valence-electron chi connectivity index (χ4n) is 1.72. The highest BCUT2D eigenvalue weighted by molar-refractivity contribution is 9.10. The minimum Gasteiger partial charge on any atom is -0.330 e. The number of hydrogen-bond donors (Lipinski definition) is 2. The van der Waals surface area contributed by atoms with Crippen LogP contribution in [0.1, 0.15) is 33.1 Å². The van der Waals surface area contributed by atoms with Gasteiger partial charge in [0.15, 0.2) is 0 Å². The number of hydrogen-bond acceptors (Lipinski definition) is 2. The molecule has 0 atom stereocenters. The van der Waals surface area contributed by atoms with Crippen molar-refractivity contribution in [1.29, 1.82) is 0 Å². The minimum absolute atomic E-state index is 0.0578. The summed E-state index contributed by atoms with van der Waals surface area (Å²) in [5, 5.41) is 2.89. The summed E-state index contributed by atoms with van der Waals surface area (Å²) in [6.07, 6.45) is 2.33. The molecular weight excluding hydrogens is 292 g/mol. The highest BCUT2D eigenvalue weighted by Crippen LogP contribution is 2.26. The minimum atomic E-state index is 0.0578. The van der Waals surface area contributed by atoms with E-state index in [2.05, 4.69) is 35.1 Å². The van der Waals surface area contributed by atoms with Gasteiger partial charge in [-0.15, -0.1) is 0 Å². The zero-order valence-electron chi connectivity index (χ0n) is 11.0. The van der Waals surface area contributed by atoms with Gasteiger partial charge >= 0.3 is 0 Å². The first-order valence-electron chi connectivity index (χ1n) is 6.18. The lowest BCUT2D eigenvalue weighted by Gasteiger charge is -2.23. The van der Waals surface area contributed by atoms with Crippen LogP contribution >= 0.6 is 15.9 Å². The molecule has 3 nitrogen and oxygen atoms in total. The maximum absolute atomic E-state index is 11.8. The molecule has 0 bridgehead atoms. The number of anilines is 1. The number of carbonyl (C=O) groups excluding carboxylic acids is 1. The predicted molar refractivity (Wildman–Crippen MR) is 79.5 cm³/mol. The Morgan fingerprint density at radius 3 is 2.44 bits per heavy atom. The first kappa shape index (κ1) is 15.2. The third-order valence-corrected chi connectivity index (χ3v) is 3.51. The number of nitrogens with two attached hydrogens (primary N) is 1. The lowest BCUT2D eigenvalue weighted by atomic mass is 9.84. The van der Waals surface area contributed by atoms with Crippen LogP contribution in [-0.4, -0.2) is 12.5 Å². The number of nitrogens with one attached hydrogen (secondary N) is 1. The molecule has 1 aromatic rings. The summed E-state index contributed by atoms with van der Waals surface area (Å²) in [5.74, 6) is 0.0578. The monoisotopic (exact) mass is 312 g/mol. The molecule has 1 rings (SSSR count). The van der Waals surface area contributed by atoms with Crippen LogP contribution in [0.2, 0.25) is 0 Å². The normalized spacial score (nSPS) is 11.3. The van der Waals surface area contributed by atoms with Crippen molar-refractivity contribution in [3.05, 3.63) is 28.7 Å².